The van der Waals surface area contributed by atoms with Crippen molar-refractivity contribution in [1.29, 1.82) is 0 Å². The first kappa shape index (κ1) is 10.3. The van der Waals surface area contributed by atoms with Crippen LogP contribution in [0.3, 0.4) is 0 Å². The van der Waals surface area contributed by atoms with Gasteiger partial charge in [0.25, 0.3) is 0 Å². The molecule has 1 N–H and O–H groups in total. The van der Waals surface area contributed by atoms with Gasteiger partial charge in [0, 0.05) is 19.3 Å². The van der Waals surface area contributed by atoms with Crippen LogP contribution in [0.1, 0.15) is 25.2 Å². The standard InChI is InChI=1S/C10H18N2O/c1-8-5-9(12(4)11-8)6-10(2,3)7-13/h5,13H,6-7H2,1-4H3. The molecular weight excluding hydrogens is 164 g/mol. The lowest BCUT2D eigenvalue weighted by molar-refractivity contribution is 0.157. The lowest BCUT2D eigenvalue weighted by Gasteiger charge is -2.20. The molecule has 0 amide bonds. The Bertz CT molecular complexity index is 289. The highest BCUT2D eigenvalue weighted by atomic mass is 16.3. The molecule has 0 unspecified atom stereocenters. The van der Waals surface area contributed by atoms with E-state index in [4.69, 9.17) is 5.11 Å². The van der Waals surface area contributed by atoms with Crippen LogP contribution in [0.4, 0.5) is 0 Å². The molecule has 1 rings (SSSR count). The van der Waals surface area contributed by atoms with Gasteiger partial charge in [0.15, 0.2) is 0 Å². The van der Waals surface area contributed by atoms with Crippen molar-refractivity contribution in [2.45, 2.75) is 27.2 Å². The van der Waals surface area contributed by atoms with Crippen LogP contribution < -0.4 is 0 Å². The topological polar surface area (TPSA) is 38.0 Å². The summed E-state index contributed by atoms with van der Waals surface area (Å²) in [5.41, 5.74) is 2.16. The molecule has 0 saturated carbocycles. The Kier molecular flexibility index (Phi) is 2.76. The Morgan fingerprint density at radius 1 is 1.54 bits per heavy atom. The van der Waals surface area contributed by atoms with E-state index < -0.39 is 0 Å². The normalized spacial score (nSPS) is 12.1. The van der Waals surface area contributed by atoms with E-state index in [1.807, 2.05) is 18.7 Å². The molecule has 0 saturated heterocycles. The third-order valence-electron chi connectivity index (χ3n) is 2.19. The third kappa shape index (κ3) is 2.56. The Labute approximate surface area is 79.4 Å². The van der Waals surface area contributed by atoms with Crippen LogP contribution in [0, 0.1) is 12.3 Å². The van der Waals surface area contributed by atoms with Crippen LogP contribution in [0.25, 0.3) is 0 Å². The van der Waals surface area contributed by atoms with Gasteiger partial charge in [-0.3, -0.25) is 4.68 Å². The van der Waals surface area contributed by atoms with E-state index in [-0.39, 0.29) is 12.0 Å². The zero-order valence-electron chi connectivity index (χ0n) is 8.83. The van der Waals surface area contributed by atoms with Gasteiger partial charge in [0.1, 0.15) is 0 Å². The van der Waals surface area contributed by atoms with Crippen LogP contribution in [0.5, 0.6) is 0 Å². The Morgan fingerprint density at radius 2 is 2.15 bits per heavy atom. The second kappa shape index (κ2) is 3.50. The number of aryl methyl sites for hydroxylation is 2. The molecule has 3 heteroatoms. The summed E-state index contributed by atoms with van der Waals surface area (Å²) in [6.07, 6.45) is 0.862. The number of hydrogen-bond donors (Lipinski definition) is 1. The lowest BCUT2D eigenvalue weighted by atomic mass is 9.89. The summed E-state index contributed by atoms with van der Waals surface area (Å²) in [6.45, 7) is 6.29. The fourth-order valence-electron chi connectivity index (χ4n) is 1.38. The monoisotopic (exact) mass is 182 g/mol. The van der Waals surface area contributed by atoms with E-state index in [0.717, 1.165) is 12.1 Å². The fourth-order valence-corrected chi connectivity index (χ4v) is 1.38. The van der Waals surface area contributed by atoms with E-state index in [9.17, 15) is 0 Å². The quantitative estimate of drug-likeness (QED) is 0.765. The molecule has 0 atom stereocenters. The highest BCUT2D eigenvalue weighted by Gasteiger charge is 2.19. The van der Waals surface area contributed by atoms with Crippen molar-refractivity contribution < 1.29 is 5.11 Å². The molecule has 0 radical (unpaired) electrons. The van der Waals surface area contributed by atoms with Crippen LogP contribution in [-0.4, -0.2) is 21.5 Å². The summed E-state index contributed by atoms with van der Waals surface area (Å²) in [5, 5.41) is 13.4. The molecular formula is C10H18N2O. The molecule has 0 fully saturated rings. The molecule has 0 aromatic carbocycles. The largest absolute Gasteiger partial charge is 0.396 e. The summed E-state index contributed by atoms with van der Waals surface area (Å²) in [7, 11) is 1.94. The number of aliphatic hydroxyl groups excluding tert-OH is 1. The van der Waals surface area contributed by atoms with Crippen molar-refractivity contribution >= 4 is 0 Å². The van der Waals surface area contributed by atoms with Crippen LogP contribution in [-0.2, 0) is 13.5 Å². The number of hydrogen-bond acceptors (Lipinski definition) is 2. The summed E-state index contributed by atoms with van der Waals surface area (Å²) >= 11 is 0. The van der Waals surface area contributed by atoms with Crippen LogP contribution >= 0.6 is 0 Å². The van der Waals surface area contributed by atoms with Crippen LogP contribution in [0.15, 0.2) is 6.07 Å². The summed E-state index contributed by atoms with van der Waals surface area (Å²) in [5.74, 6) is 0. The van der Waals surface area contributed by atoms with Crippen molar-refractivity contribution in [1.82, 2.24) is 9.78 Å². The van der Waals surface area contributed by atoms with Gasteiger partial charge in [0.05, 0.1) is 5.69 Å². The van der Waals surface area contributed by atoms with Crippen molar-refractivity contribution in [2.24, 2.45) is 12.5 Å². The predicted molar refractivity (Wildman–Crippen MR) is 52.5 cm³/mol. The molecule has 0 aliphatic carbocycles. The minimum atomic E-state index is -0.0553. The molecule has 3 nitrogen and oxygen atoms in total. The van der Waals surface area contributed by atoms with Gasteiger partial charge in [-0.15, -0.1) is 0 Å². The van der Waals surface area contributed by atoms with Crippen LogP contribution in [0.2, 0.25) is 0 Å². The maximum atomic E-state index is 9.12. The van der Waals surface area contributed by atoms with Gasteiger partial charge in [-0.1, -0.05) is 13.8 Å². The molecule has 1 aromatic heterocycles. The Balaban J connectivity index is 2.79. The fraction of sp³-hybridized carbons (Fsp3) is 0.700. The van der Waals surface area contributed by atoms with Gasteiger partial charge in [-0.2, -0.15) is 5.10 Å². The molecule has 0 aliphatic heterocycles. The molecule has 0 spiro atoms. The zero-order valence-corrected chi connectivity index (χ0v) is 8.83. The Morgan fingerprint density at radius 3 is 2.54 bits per heavy atom. The van der Waals surface area contributed by atoms with Gasteiger partial charge in [-0.05, 0) is 24.8 Å². The van der Waals surface area contributed by atoms with Crippen molar-refractivity contribution in [3.63, 3.8) is 0 Å². The van der Waals surface area contributed by atoms with Gasteiger partial charge < -0.3 is 5.11 Å². The first-order valence-corrected chi connectivity index (χ1v) is 4.55. The molecule has 1 aromatic rings. The summed E-state index contributed by atoms with van der Waals surface area (Å²) in [6, 6.07) is 2.07. The number of rotatable bonds is 3. The van der Waals surface area contributed by atoms with E-state index in [1.165, 1.54) is 5.69 Å². The number of aromatic nitrogens is 2. The lowest BCUT2D eigenvalue weighted by Crippen LogP contribution is -2.21. The number of nitrogens with zero attached hydrogens (tertiary/aromatic N) is 2. The maximum Gasteiger partial charge on any atom is 0.0596 e. The summed E-state index contributed by atoms with van der Waals surface area (Å²) in [4.78, 5) is 0. The van der Waals surface area contributed by atoms with E-state index in [1.54, 1.807) is 0 Å². The highest BCUT2D eigenvalue weighted by Crippen LogP contribution is 2.20. The first-order chi connectivity index (χ1) is 5.94. The van der Waals surface area contributed by atoms with E-state index in [2.05, 4.69) is 25.0 Å². The molecule has 0 bridgehead atoms. The van der Waals surface area contributed by atoms with Gasteiger partial charge in [0.2, 0.25) is 0 Å². The summed E-state index contributed by atoms with van der Waals surface area (Å²) < 4.78 is 1.88. The van der Waals surface area contributed by atoms with E-state index >= 15 is 0 Å². The maximum absolute atomic E-state index is 9.12. The van der Waals surface area contributed by atoms with Gasteiger partial charge in [-0.25, -0.2) is 0 Å². The van der Waals surface area contributed by atoms with Gasteiger partial charge >= 0.3 is 0 Å². The molecule has 13 heavy (non-hydrogen) atoms. The average Bonchev–Trinajstić information content (AvgIpc) is 2.30. The minimum absolute atomic E-state index is 0.0553. The zero-order chi connectivity index (χ0) is 10.1. The van der Waals surface area contributed by atoms with Crippen molar-refractivity contribution in [3.8, 4) is 0 Å². The third-order valence-corrected chi connectivity index (χ3v) is 2.19. The van der Waals surface area contributed by atoms with Crippen molar-refractivity contribution in [3.05, 3.63) is 17.5 Å². The minimum Gasteiger partial charge on any atom is -0.396 e. The smallest absolute Gasteiger partial charge is 0.0596 e. The Hall–Kier alpha value is -0.830. The SMILES string of the molecule is Cc1cc(CC(C)(C)CO)n(C)n1. The highest BCUT2D eigenvalue weighted by molar-refractivity contribution is 5.10. The molecule has 0 aliphatic rings. The predicted octanol–water partition coefficient (Wildman–Crippen LogP) is 1.29. The number of aliphatic hydroxyl groups is 1. The first-order valence-electron chi connectivity index (χ1n) is 4.55. The molecule has 74 valence electrons. The second-order valence-electron chi connectivity index (χ2n) is 4.40. The molecule has 1 heterocycles. The van der Waals surface area contributed by atoms with E-state index in [0.29, 0.717) is 0 Å². The van der Waals surface area contributed by atoms with Crippen molar-refractivity contribution in [2.75, 3.05) is 6.61 Å². The average molecular weight is 182 g/mol. The second-order valence-corrected chi connectivity index (χ2v) is 4.40.